The maximum Gasteiger partial charge on any atom is 0.287 e. The van der Waals surface area contributed by atoms with Gasteiger partial charge in [0.15, 0.2) is 5.76 Å². The van der Waals surface area contributed by atoms with E-state index >= 15 is 0 Å². The number of rotatable bonds is 8. The minimum Gasteiger partial charge on any atom is -0.486 e. The van der Waals surface area contributed by atoms with Gasteiger partial charge in [-0.25, -0.2) is 0 Å². The lowest BCUT2D eigenvalue weighted by molar-refractivity contribution is 0.0918. The smallest absolute Gasteiger partial charge is 0.287 e. The highest BCUT2D eigenvalue weighted by molar-refractivity contribution is 9.10. The average Bonchev–Trinajstić information content (AvgIpc) is 3.31. The Kier molecular flexibility index (Phi) is 6.34. The van der Waals surface area contributed by atoms with Gasteiger partial charge in [0, 0.05) is 12.7 Å². The Morgan fingerprint density at radius 3 is 2.67 bits per heavy atom. The molecule has 3 rings (SSSR count). The number of hydrogen-bond acceptors (Lipinski definition) is 4. The summed E-state index contributed by atoms with van der Waals surface area (Å²) in [6, 6.07) is 11.3. The van der Waals surface area contributed by atoms with Crippen LogP contribution in [-0.2, 0) is 26.1 Å². The van der Waals surface area contributed by atoms with E-state index in [0.29, 0.717) is 12.3 Å². The van der Waals surface area contributed by atoms with Gasteiger partial charge >= 0.3 is 0 Å². The summed E-state index contributed by atoms with van der Waals surface area (Å²) in [6.07, 6.45) is 2.88. The Morgan fingerprint density at radius 2 is 2.00 bits per heavy atom. The SMILES string of the molecule is CCc1ccc(OCc2ccc(C(=O)NCc3nn(CC)cc3Br)o2)cc1. The molecule has 1 amide bonds. The van der Waals surface area contributed by atoms with Crippen LogP contribution in [0.1, 0.15) is 41.4 Å². The predicted octanol–water partition coefficient (Wildman–Crippen LogP) is 4.33. The van der Waals surface area contributed by atoms with Crippen LogP contribution in [0.15, 0.2) is 51.5 Å². The number of aromatic nitrogens is 2. The number of halogens is 1. The molecule has 2 aromatic heterocycles. The predicted molar refractivity (Wildman–Crippen MR) is 106 cm³/mol. The molecule has 142 valence electrons. The molecule has 0 radical (unpaired) electrons. The summed E-state index contributed by atoms with van der Waals surface area (Å²) >= 11 is 3.45. The van der Waals surface area contributed by atoms with E-state index in [1.165, 1.54) is 5.56 Å². The number of carbonyl (C=O) groups is 1. The van der Waals surface area contributed by atoms with Gasteiger partial charge in [0.05, 0.1) is 16.7 Å². The average molecular weight is 432 g/mol. The number of nitrogens with one attached hydrogen (secondary N) is 1. The zero-order chi connectivity index (χ0) is 19.2. The van der Waals surface area contributed by atoms with E-state index in [4.69, 9.17) is 9.15 Å². The second-order valence-corrected chi connectivity index (χ2v) is 6.87. The van der Waals surface area contributed by atoms with Crippen molar-refractivity contribution in [3.8, 4) is 5.75 Å². The van der Waals surface area contributed by atoms with Crippen LogP contribution in [-0.4, -0.2) is 15.7 Å². The normalized spacial score (nSPS) is 10.8. The van der Waals surface area contributed by atoms with Crippen LogP contribution in [0.5, 0.6) is 5.75 Å². The molecule has 0 spiro atoms. The highest BCUT2D eigenvalue weighted by Crippen LogP contribution is 2.17. The first-order chi connectivity index (χ1) is 13.1. The van der Waals surface area contributed by atoms with Crippen molar-refractivity contribution >= 4 is 21.8 Å². The van der Waals surface area contributed by atoms with Crippen molar-refractivity contribution in [1.82, 2.24) is 15.1 Å². The van der Waals surface area contributed by atoms with Gasteiger partial charge in [0.25, 0.3) is 5.91 Å². The summed E-state index contributed by atoms with van der Waals surface area (Å²) in [5.74, 6) is 1.33. The number of benzene rings is 1. The van der Waals surface area contributed by atoms with Crippen molar-refractivity contribution in [3.63, 3.8) is 0 Å². The lowest BCUT2D eigenvalue weighted by atomic mass is 10.2. The van der Waals surface area contributed by atoms with Gasteiger partial charge in [-0.2, -0.15) is 5.10 Å². The van der Waals surface area contributed by atoms with Crippen LogP contribution in [0.25, 0.3) is 0 Å². The van der Waals surface area contributed by atoms with E-state index < -0.39 is 0 Å². The third-order valence-electron chi connectivity index (χ3n) is 4.13. The van der Waals surface area contributed by atoms with Crippen molar-refractivity contribution in [2.24, 2.45) is 0 Å². The molecule has 3 aromatic rings. The van der Waals surface area contributed by atoms with E-state index in [1.54, 1.807) is 16.8 Å². The minimum absolute atomic E-state index is 0.251. The van der Waals surface area contributed by atoms with Crippen molar-refractivity contribution in [1.29, 1.82) is 0 Å². The highest BCUT2D eigenvalue weighted by atomic mass is 79.9. The first-order valence-electron chi connectivity index (χ1n) is 8.89. The zero-order valence-corrected chi connectivity index (χ0v) is 17.0. The molecule has 0 aliphatic heterocycles. The fourth-order valence-electron chi connectivity index (χ4n) is 2.52. The molecule has 0 fully saturated rings. The molecule has 0 bridgehead atoms. The summed E-state index contributed by atoms with van der Waals surface area (Å²) in [6.45, 7) is 5.48. The summed E-state index contributed by atoms with van der Waals surface area (Å²) in [5.41, 5.74) is 2.03. The molecule has 0 saturated heterocycles. The zero-order valence-electron chi connectivity index (χ0n) is 15.4. The van der Waals surface area contributed by atoms with Gasteiger partial charge in [-0.05, 0) is 59.1 Å². The second-order valence-electron chi connectivity index (χ2n) is 6.01. The van der Waals surface area contributed by atoms with Crippen LogP contribution in [0, 0.1) is 0 Å². The highest BCUT2D eigenvalue weighted by Gasteiger charge is 2.13. The fraction of sp³-hybridized carbons (Fsp3) is 0.300. The number of hydrogen-bond donors (Lipinski definition) is 1. The monoisotopic (exact) mass is 431 g/mol. The van der Waals surface area contributed by atoms with Crippen LogP contribution >= 0.6 is 15.9 Å². The Balaban J connectivity index is 1.52. The Morgan fingerprint density at radius 1 is 1.22 bits per heavy atom. The van der Waals surface area contributed by atoms with Gasteiger partial charge in [0.1, 0.15) is 18.1 Å². The van der Waals surface area contributed by atoms with E-state index in [0.717, 1.165) is 28.9 Å². The maximum atomic E-state index is 12.3. The molecule has 1 N–H and O–H groups in total. The number of furan rings is 1. The summed E-state index contributed by atoms with van der Waals surface area (Å²) in [7, 11) is 0. The number of aryl methyl sites for hydroxylation is 2. The van der Waals surface area contributed by atoms with Gasteiger partial charge in [-0.1, -0.05) is 19.1 Å². The quantitative estimate of drug-likeness (QED) is 0.576. The molecule has 6 nitrogen and oxygen atoms in total. The van der Waals surface area contributed by atoms with Crippen molar-refractivity contribution in [2.75, 3.05) is 0 Å². The summed E-state index contributed by atoms with van der Waals surface area (Å²) in [4.78, 5) is 12.3. The van der Waals surface area contributed by atoms with E-state index in [1.807, 2.05) is 37.4 Å². The molecule has 0 aliphatic rings. The standard InChI is InChI=1S/C20H22BrN3O3/c1-3-14-5-7-15(8-6-14)26-13-16-9-10-19(27-16)20(25)22-11-18-17(21)12-24(4-2)23-18/h5-10,12H,3-4,11,13H2,1-2H3,(H,22,25). The van der Waals surface area contributed by atoms with Crippen molar-refractivity contribution < 1.29 is 13.9 Å². The van der Waals surface area contributed by atoms with Crippen LogP contribution in [0.4, 0.5) is 0 Å². The Labute approximate surface area is 166 Å². The van der Waals surface area contributed by atoms with Crippen molar-refractivity contribution in [2.45, 2.75) is 40.0 Å². The molecular weight excluding hydrogens is 410 g/mol. The van der Waals surface area contributed by atoms with E-state index in [9.17, 15) is 4.79 Å². The first-order valence-corrected chi connectivity index (χ1v) is 9.68. The number of amides is 1. The third kappa shape index (κ3) is 5.01. The van der Waals surface area contributed by atoms with Crippen LogP contribution in [0.3, 0.4) is 0 Å². The van der Waals surface area contributed by atoms with Crippen LogP contribution < -0.4 is 10.1 Å². The molecule has 1 aromatic carbocycles. The molecule has 0 unspecified atom stereocenters. The van der Waals surface area contributed by atoms with Gasteiger partial charge in [-0.3, -0.25) is 9.48 Å². The third-order valence-corrected chi connectivity index (χ3v) is 4.79. The largest absolute Gasteiger partial charge is 0.486 e. The van der Waals surface area contributed by atoms with Gasteiger partial charge in [-0.15, -0.1) is 0 Å². The first kappa shape index (κ1) is 19.2. The minimum atomic E-state index is -0.286. The fourth-order valence-corrected chi connectivity index (χ4v) is 2.98. The molecule has 0 saturated carbocycles. The number of nitrogens with zero attached hydrogens (tertiary/aromatic N) is 2. The van der Waals surface area contributed by atoms with E-state index in [-0.39, 0.29) is 18.3 Å². The molecule has 0 atom stereocenters. The molecular formula is C20H22BrN3O3. The molecule has 27 heavy (non-hydrogen) atoms. The summed E-state index contributed by atoms with van der Waals surface area (Å²) in [5, 5.41) is 7.19. The Hall–Kier alpha value is -2.54. The van der Waals surface area contributed by atoms with Gasteiger partial charge in [0.2, 0.25) is 0 Å². The number of carbonyl (C=O) groups excluding carboxylic acids is 1. The summed E-state index contributed by atoms with van der Waals surface area (Å²) < 4.78 is 14.0. The van der Waals surface area contributed by atoms with E-state index in [2.05, 4.69) is 33.3 Å². The number of ether oxygens (including phenoxy) is 1. The van der Waals surface area contributed by atoms with Gasteiger partial charge < -0.3 is 14.5 Å². The lowest BCUT2D eigenvalue weighted by Crippen LogP contribution is -2.22. The van der Waals surface area contributed by atoms with Crippen LogP contribution in [0.2, 0.25) is 0 Å². The molecule has 0 aliphatic carbocycles. The Bertz CT molecular complexity index is 900. The van der Waals surface area contributed by atoms with Crippen molar-refractivity contribution in [3.05, 3.63) is 69.8 Å². The topological polar surface area (TPSA) is 69.3 Å². The molecule has 7 heteroatoms. The second kappa shape index (κ2) is 8.90. The molecule has 2 heterocycles. The maximum absolute atomic E-state index is 12.3. The lowest BCUT2D eigenvalue weighted by Gasteiger charge is -2.05.